The third-order valence-corrected chi connectivity index (χ3v) is 3.42. The Hall–Kier alpha value is -0.370. The molecule has 94 valence electrons. The van der Waals surface area contributed by atoms with Crippen molar-refractivity contribution in [2.75, 3.05) is 13.2 Å². The van der Waals surface area contributed by atoms with Gasteiger partial charge in [0.2, 0.25) is 0 Å². The van der Waals surface area contributed by atoms with Crippen molar-refractivity contribution >= 4 is 6.29 Å². The van der Waals surface area contributed by atoms with E-state index in [2.05, 4.69) is 0 Å². The van der Waals surface area contributed by atoms with Crippen LogP contribution >= 0.6 is 0 Å². The fourth-order valence-electron chi connectivity index (χ4n) is 2.31. The second-order valence-electron chi connectivity index (χ2n) is 4.91. The van der Waals surface area contributed by atoms with Crippen molar-refractivity contribution < 1.29 is 9.53 Å². The molecule has 2 nitrogen and oxygen atoms in total. The number of carbonyl (C=O) groups is 1. The van der Waals surface area contributed by atoms with E-state index in [1.807, 2.05) is 0 Å². The standard InChI is InChI=1S/C14H26O2/c15-13-14-9-5-1-3-7-11-16-12-8-4-2-6-10-14/h13-14H,1-12H2. The molecule has 0 aromatic rings. The van der Waals surface area contributed by atoms with E-state index in [0.717, 1.165) is 26.1 Å². The first kappa shape index (κ1) is 13.7. The Bertz CT molecular complexity index is 154. The van der Waals surface area contributed by atoms with E-state index in [1.54, 1.807) is 0 Å². The van der Waals surface area contributed by atoms with Gasteiger partial charge in [-0.1, -0.05) is 38.5 Å². The summed E-state index contributed by atoms with van der Waals surface area (Å²) < 4.78 is 5.56. The lowest BCUT2D eigenvalue weighted by atomic mass is 9.96. The third kappa shape index (κ3) is 7.00. The highest BCUT2D eigenvalue weighted by Crippen LogP contribution is 2.17. The fraction of sp³-hybridized carbons (Fsp3) is 0.929. The van der Waals surface area contributed by atoms with Crippen molar-refractivity contribution in [3.05, 3.63) is 0 Å². The van der Waals surface area contributed by atoms with Crippen LogP contribution in [0.3, 0.4) is 0 Å². The molecule has 1 rings (SSSR count). The highest BCUT2D eigenvalue weighted by atomic mass is 16.5. The zero-order valence-corrected chi connectivity index (χ0v) is 10.5. The topological polar surface area (TPSA) is 26.3 Å². The Morgan fingerprint density at radius 1 is 0.750 bits per heavy atom. The van der Waals surface area contributed by atoms with E-state index in [9.17, 15) is 4.79 Å². The second-order valence-corrected chi connectivity index (χ2v) is 4.91. The molecule has 1 saturated heterocycles. The van der Waals surface area contributed by atoms with Gasteiger partial charge in [0.25, 0.3) is 0 Å². The van der Waals surface area contributed by atoms with Crippen LogP contribution in [0.1, 0.15) is 64.2 Å². The van der Waals surface area contributed by atoms with Crippen LogP contribution in [0.15, 0.2) is 0 Å². The number of ether oxygens (including phenoxy) is 1. The molecule has 1 aliphatic heterocycles. The highest BCUT2D eigenvalue weighted by Gasteiger charge is 2.07. The molecule has 0 aromatic heterocycles. The van der Waals surface area contributed by atoms with E-state index in [4.69, 9.17) is 4.74 Å². The van der Waals surface area contributed by atoms with Gasteiger partial charge in [0.1, 0.15) is 6.29 Å². The van der Waals surface area contributed by atoms with Gasteiger partial charge in [-0.05, 0) is 25.7 Å². The van der Waals surface area contributed by atoms with Crippen LogP contribution in [-0.2, 0) is 9.53 Å². The quantitative estimate of drug-likeness (QED) is 0.637. The lowest BCUT2D eigenvalue weighted by Gasteiger charge is -2.11. The molecular weight excluding hydrogens is 200 g/mol. The molecule has 0 unspecified atom stereocenters. The van der Waals surface area contributed by atoms with Crippen LogP contribution in [0.4, 0.5) is 0 Å². The average Bonchev–Trinajstić information content (AvgIpc) is 2.32. The molecule has 16 heavy (non-hydrogen) atoms. The summed E-state index contributed by atoms with van der Waals surface area (Å²) in [5.74, 6) is 0.333. The van der Waals surface area contributed by atoms with Crippen molar-refractivity contribution in [3.63, 3.8) is 0 Å². The SMILES string of the molecule is O=CC1CCCCCCOCCCCCC1. The predicted octanol–water partition coefficient (Wildman–Crippen LogP) is 3.73. The molecule has 1 fully saturated rings. The third-order valence-electron chi connectivity index (χ3n) is 3.42. The highest BCUT2D eigenvalue weighted by molar-refractivity contribution is 5.53. The molecule has 0 N–H and O–H groups in total. The van der Waals surface area contributed by atoms with E-state index >= 15 is 0 Å². The minimum absolute atomic E-state index is 0.333. The van der Waals surface area contributed by atoms with Gasteiger partial charge in [0.05, 0.1) is 0 Å². The Morgan fingerprint density at radius 3 is 1.75 bits per heavy atom. The summed E-state index contributed by atoms with van der Waals surface area (Å²) in [7, 11) is 0. The number of aldehydes is 1. The lowest BCUT2D eigenvalue weighted by molar-refractivity contribution is -0.111. The van der Waals surface area contributed by atoms with Crippen molar-refractivity contribution in [2.24, 2.45) is 5.92 Å². The predicted molar refractivity (Wildman–Crippen MR) is 66.5 cm³/mol. The zero-order valence-electron chi connectivity index (χ0n) is 10.5. The summed E-state index contributed by atoms with van der Waals surface area (Å²) in [6, 6.07) is 0. The Morgan fingerprint density at radius 2 is 1.25 bits per heavy atom. The molecule has 0 aliphatic carbocycles. The van der Waals surface area contributed by atoms with Crippen LogP contribution in [0, 0.1) is 5.92 Å². The van der Waals surface area contributed by atoms with E-state index < -0.39 is 0 Å². The molecule has 0 spiro atoms. The van der Waals surface area contributed by atoms with Crippen LogP contribution in [0.25, 0.3) is 0 Å². The Kier molecular flexibility index (Phi) is 8.41. The second kappa shape index (κ2) is 9.83. The first-order valence-corrected chi connectivity index (χ1v) is 6.96. The summed E-state index contributed by atoms with van der Waals surface area (Å²) >= 11 is 0. The minimum atomic E-state index is 0.333. The molecule has 0 saturated carbocycles. The lowest BCUT2D eigenvalue weighted by Crippen LogP contribution is -2.03. The van der Waals surface area contributed by atoms with Gasteiger partial charge in [0, 0.05) is 19.1 Å². The van der Waals surface area contributed by atoms with Crippen LogP contribution < -0.4 is 0 Å². The minimum Gasteiger partial charge on any atom is -0.381 e. The van der Waals surface area contributed by atoms with Crippen molar-refractivity contribution in [1.29, 1.82) is 0 Å². The van der Waals surface area contributed by atoms with Crippen LogP contribution in [-0.4, -0.2) is 19.5 Å². The van der Waals surface area contributed by atoms with Crippen LogP contribution in [0.2, 0.25) is 0 Å². The molecule has 1 heterocycles. The molecule has 0 atom stereocenters. The summed E-state index contributed by atoms with van der Waals surface area (Å²) in [6.07, 6.45) is 13.2. The van der Waals surface area contributed by atoms with E-state index in [1.165, 1.54) is 57.7 Å². The largest absolute Gasteiger partial charge is 0.381 e. The van der Waals surface area contributed by atoms with E-state index in [-0.39, 0.29) is 0 Å². The first-order chi connectivity index (χ1) is 7.93. The number of rotatable bonds is 1. The maximum absolute atomic E-state index is 10.9. The number of carbonyl (C=O) groups excluding carboxylic acids is 1. The molecule has 1 aliphatic rings. The van der Waals surface area contributed by atoms with Gasteiger partial charge in [-0.15, -0.1) is 0 Å². The van der Waals surface area contributed by atoms with Gasteiger partial charge in [-0.2, -0.15) is 0 Å². The monoisotopic (exact) mass is 226 g/mol. The maximum Gasteiger partial charge on any atom is 0.123 e. The average molecular weight is 226 g/mol. The van der Waals surface area contributed by atoms with Gasteiger partial charge in [0.15, 0.2) is 0 Å². The first-order valence-electron chi connectivity index (χ1n) is 6.96. The molecule has 0 amide bonds. The summed E-state index contributed by atoms with van der Waals surface area (Å²) in [5, 5.41) is 0. The molecular formula is C14H26O2. The van der Waals surface area contributed by atoms with Crippen LogP contribution in [0.5, 0.6) is 0 Å². The zero-order chi connectivity index (χ0) is 11.5. The van der Waals surface area contributed by atoms with E-state index in [0.29, 0.717) is 5.92 Å². The normalized spacial score (nSPS) is 23.5. The molecule has 0 radical (unpaired) electrons. The Balaban J connectivity index is 2.18. The van der Waals surface area contributed by atoms with Crippen molar-refractivity contribution in [3.8, 4) is 0 Å². The summed E-state index contributed by atoms with van der Waals surface area (Å²) in [6.45, 7) is 1.86. The number of hydrogen-bond donors (Lipinski definition) is 0. The maximum atomic E-state index is 10.9. The smallest absolute Gasteiger partial charge is 0.123 e. The Labute approximate surface area is 99.8 Å². The van der Waals surface area contributed by atoms with Gasteiger partial charge >= 0.3 is 0 Å². The summed E-state index contributed by atoms with van der Waals surface area (Å²) in [5.41, 5.74) is 0. The molecule has 0 bridgehead atoms. The van der Waals surface area contributed by atoms with Crippen molar-refractivity contribution in [1.82, 2.24) is 0 Å². The number of hydrogen-bond acceptors (Lipinski definition) is 2. The van der Waals surface area contributed by atoms with Gasteiger partial charge in [-0.25, -0.2) is 0 Å². The van der Waals surface area contributed by atoms with Gasteiger partial charge in [-0.3, -0.25) is 0 Å². The fourth-order valence-corrected chi connectivity index (χ4v) is 2.31. The van der Waals surface area contributed by atoms with Gasteiger partial charge < -0.3 is 9.53 Å². The molecule has 0 aromatic carbocycles. The summed E-state index contributed by atoms with van der Waals surface area (Å²) in [4.78, 5) is 10.9. The van der Waals surface area contributed by atoms with Crippen molar-refractivity contribution in [2.45, 2.75) is 64.2 Å². The molecule has 2 heteroatoms.